The van der Waals surface area contributed by atoms with Gasteiger partial charge in [-0.15, -0.1) is 11.8 Å². The molecule has 1 atom stereocenters. The normalized spacial score (nSPS) is 18.4. The molecule has 1 unspecified atom stereocenters. The fourth-order valence-electron chi connectivity index (χ4n) is 2.44. The lowest BCUT2D eigenvalue weighted by molar-refractivity contribution is -0.128. The first-order chi connectivity index (χ1) is 10.3. The first kappa shape index (κ1) is 14.2. The number of furan rings is 1. The van der Waals surface area contributed by atoms with E-state index in [1.807, 2.05) is 35.4 Å². The number of pyridine rings is 1. The molecule has 0 radical (unpaired) electrons. The number of rotatable bonds is 5. The first-order valence-corrected chi connectivity index (χ1v) is 8.21. The summed E-state index contributed by atoms with van der Waals surface area (Å²) in [5.74, 6) is 2.56. The van der Waals surface area contributed by atoms with Gasteiger partial charge in [-0.05, 0) is 30.2 Å². The molecule has 3 heterocycles. The van der Waals surface area contributed by atoms with Gasteiger partial charge in [-0.1, -0.05) is 13.0 Å². The van der Waals surface area contributed by atoms with Crippen LogP contribution in [0, 0.1) is 0 Å². The molecule has 5 heteroatoms. The predicted molar refractivity (Wildman–Crippen MR) is 82.9 cm³/mol. The van der Waals surface area contributed by atoms with Gasteiger partial charge in [0, 0.05) is 25.4 Å². The van der Waals surface area contributed by atoms with Crippen molar-refractivity contribution in [1.29, 1.82) is 0 Å². The topological polar surface area (TPSA) is 46.3 Å². The Bertz CT molecular complexity index is 612. The molecule has 2 aromatic rings. The molecule has 1 saturated heterocycles. The molecule has 1 fully saturated rings. The molecule has 1 amide bonds. The SMILES string of the molecule is CCc1ccc(C2SCC(=O)N2CCc2cccnc2)o1. The number of amides is 1. The number of thioether (sulfide) groups is 1. The van der Waals surface area contributed by atoms with E-state index in [0.29, 0.717) is 12.3 Å². The van der Waals surface area contributed by atoms with Gasteiger partial charge < -0.3 is 9.32 Å². The highest BCUT2D eigenvalue weighted by Crippen LogP contribution is 2.39. The summed E-state index contributed by atoms with van der Waals surface area (Å²) >= 11 is 1.64. The molecule has 2 aromatic heterocycles. The van der Waals surface area contributed by atoms with Crippen LogP contribution in [0.1, 0.15) is 29.4 Å². The molecular formula is C16H18N2O2S. The van der Waals surface area contributed by atoms with Crippen LogP contribution in [0.4, 0.5) is 0 Å². The van der Waals surface area contributed by atoms with Crippen LogP contribution in [0.5, 0.6) is 0 Å². The van der Waals surface area contributed by atoms with E-state index in [-0.39, 0.29) is 11.3 Å². The van der Waals surface area contributed by atoms with Crippen molar-refractivity contribution in [1.82, 2.24) is 9.88 Å². The Morgan fingerprint density at radius 2 is 2.33 bits per heavy atom. The Labute approximate surface area is 128 Å². The van der Waals surface area contributed by atoms with Gasteiger partial charge >= 0.3 is 0 Å². The summed E-state index contributed by atoms with van der Waals surface area (Å²) in [7, 11) is 0. The van der Waals surface area contributed by atoms with E-state index in [2.05, 4.69) is 11.9 Å². The number of hydrogen-bond acceptors (Lipinski definition) is 4. The minimum absolute atomic E-state index is 0.00877. The van der Waals surface area contributed by atoms with Crippen molar-refractivity contribution in [2.24, 2.45) is 0 Å². The number of aromatic nitrogens is 1. The molecule has 0 aromatic carbocycles. The van der Waals surface area contributed by atoms with Gasteiger partial charge in [-0.3, -0.25) is 9.78 Å². The number of hydrogen-bond donors (Lipinski definition) is 0. The average Bonchev–Trinajstić information content (AvgIpc) is 3.12. The van der Waals surface area contributed by atoms with E-state index in [1.54, 1.807) is 18.0 Å². The molecule has 21 heavy (non-hydrogen) atoms. The van der Waals surface area contributed by atoms with E-state index >= 15 is 0 Å². The van der Waals surface area contributed by atoms with Gasteiger partial charge in [0.2, 0.25) is 5.91 Å². The quantitative estimate of drug-likeness (QED) is 0.851. The van der Waals surface area contributed by atoms with Crippen LogP contribution in [0.15, 0.2) is 41.1 Å². The Morgan fingerprint density at radius 1 is 1.43 bits per heavy atom. The second-order valence-electron chi connectivity index (χ2n) is 5.02. The van der Waals surface area contributed by atoms with Crippen molar-refractivity contribution < 1.29 is 9.21 Å². The third-order valence-electron chi connectivity index (χ3n) is 3.61. The summed E-state index contributed by atoms with van der Waals surface area (Å²) in [6.07, 6.45) is 5.31. The third kappa shape index (κ3) is 3.13. The van der Waals surface area contributed by atoms with Gasteiger partial charge in [0.1, 0.15) is 16.9 Å². The van der Waals surface area contributed by atoms with E-state index in [1.165, 1.54) is 0 Å². The molecular weight excluding hydrogens is 284 g/mol. The summed E-state index contributed by atoms with van der Waals surface area (Å²) in [5.41, 5.74) is 1.15. The monoisotopic (exact) mass is 302 g/mol. The highest BCUT2D eigenvalue weighted by Gasteiger charge is 2.34. The Hall–Kier alpha value is -1.75. The lowest BCUT2D eigenvalue weighted by Crippen LogP contribution is -2.30. The largest absolute Gasteiger partial charge is 0.463 e. The fourth-order valence-corrected chi connectivity index (χ4v) is 3.60. The molecule has 0 N–H and O–H groups in total. The second kappa shape index (κ2) is 6.35. The molecule has 0 saturated carbocycles. The summed E-state index contributed by atoms with van der Waals surface area (Å²) < 4.78 is 5.82. The molecule has 3 rings (SSSR count). The summed E-state index contributed by atoms with van der Waals surface area (Å²) in [6, 6.07) is 7.95. The van der Waals surface area contributed by atoms with Crippen LogP contribution in [0.2, 0.25) is 0 Å². The lowest BCUT2D eigenvalue weighted by atomic mass is 10.2. The van der Waals surface area contributed by atoms with Crippen molar-refractivity contribution in [3.05, 3.63) is 53.7 Å². The third-order valence-corrected chi connectivity index (χ3v) is 4.82. The first-order valence-electron chi connectivity index (χ1n) is 7.16. The maximum Gasteiger partial charge on any atom is 0.233 e. The number of carbonyl (C=O) groups excluding carboxylic acids is 1. The average molecular weight is 302 g/mol. The molecule has 4 nitrogen and oxygen atoms in total. The summed E-state index contributed by atoms with van der Waals surface area (Å²) in [5, 5.41) is 0.00877. The zero-order valence-electron chi connectivity index (χ0n) is 12.0. The summed E-state index contributed by atoms with van der Waals surface area (Å²) in [4.78, 5) is 18.1. The maximum absolute atomic E-state index is 12.1. The van der Waals surface area contributed by atoms with Crippen LogP contribution in [-0.2, 0) is 17.6 Å². The van der Waals surface area contributed by atoms with E-state index in [0.717, 1.165) is 29.9 Å². The molecule has 1 aliphatic rings. The van der Waals surface area contributed by atoms with Gasteiger partial charge in [0.25, 0.3) is 0 Å². The van der Waals surface area contributed by atoms with Gasteiger partial charge in [0.15, 0.2) is 0 Å². The predicted octanol–water partition coefficient (Wildman–Crippen LogP) is 3.05. The fraction of sp³-hybridized carbons (Fsp3) is 0.375. The van der Waals surface area contributed by atoms with Crippen LogP contribution in [-0.4, -0.2) is 28.1 Å². The van der Waals surface area contributed by atoms with Crippen molar-refractivity contribution in [2.75, 3.05) is 12.3 Å². The minimum atomic E-state index is 0.00877. The van der Waals surface area contributed by atoms with E-state index < -0.39 is 0 Å². The standard InChI is InChI=1S/C16H18N2O2S/c1-2-13-5-6-14(20-13)16-18(15(19)11-21-16)9-7-12-4-3-8-17-10-12/h3-6,8,10,16H,2,7,9,11H2,1H3. The highest BCUT2D eigenvalue weighted by atomic mass is 32.2. The molecule has 1 aliphatic heterocycles. The number of carbonyl (C=O) groups is 1. The van der Waals surface area contributed by atoms with Crippen molar-refractivity contribution in [3.63, 3.8) is 0 Å². The zero-order chi connectivity index (χ0) is 14.7. The van der Waals surface area contributed by atoms with E-state index in [4.69, 9.17) is 4.42 Å². The number of nitrogens with zero attached hydrogens (tertiary/aromatic N) is 2. The van der Waals surface area contributed by atoms with Crippen molar-refractivity contribution in [2.45, 2.75) is 25.1 Å². The summed E-state index contributed by atoms with van der Waals surface area (Å²) in [6.45, 7) is 2.76. The van der Waals surface area contributed by atoms with Crippen molar-refractivity contribution >= 4 is 17.7 Å². The smallest absolute Gasteiger partial charge is 0.233 e. The van der Waals surface area contributed by atoms with Crippen LogP contribution >= 0.6 is 11.8 Å². The van der Waals surface area contributed by atoms with Crippen LogP contribution in [0.3, 0.4) is 0 Å². The zero-order valence-corrected chi connectivity index (χ0v) is 12.8. The van der Waals surface area contributed by atoms with Crippen LogP contribution < -0.4 is 0 Å². The number of aryl methyl sites for hydroxylation is 1. The molecule has 0 bridgehead atoms. The van der Waals surface area contributed by atoms with E-state index in [9.17, 15) is 4.79 Å². The molecule has 0 aliphatic carbocycles. The lowest BCUT2D eigenvalue weighted by Gasteiger charge is -2.22. The van der Waals surface area contributed by atoms with Crippen LogP contribution in [0.25, 0.3) is 0 Å². The Kier molecular flexibility index (Phi) is 4.29. The van der Waals surface area contributed by atoms with Crippen molar-refractivity contribution in [3.8, 4) is 0 Å². The second-order valence-corrected chi connectivity index (χ2v) is 6.09. The van der Waals surface area contributed by atoms with Gasteiger partial charge in [-0.25, -0.2) is 0 Å². The Balaban J connectivity index is 1.70. The molecule has 0 spiro atoms. The Morgan fingerprint density at radius 3 is 3.05 bits per heavy atom. The van der Waals surface area contributed by atoms with Gasteiger partial charge in [-0.2, -0.15) is 0 Å². The minimum Gasteiger partial charge on any atom is -0.463 e. The highest BCUT2D eigenvalue weighted by molar-refractivity contribution is 8.00. The van der Waals surface area contributed by atoms with Gasteiger partial charge in [0.05, 0.1) is 5.75 Å². The maximum atomic E-state index is 12.1. The molecule has 110 valence electrons.